The fraction of sp³-hybridized carbons (Fsp3) is 0.375. The van der Waals surface area contributed by atoms with E-state index in [2.05, 4.69) is 0 Å². The summed E-state index contributed by atoms with van der Waals surface area (Å²) in [6.45, 7) is -0.433. The lowest BCUT2D eigenvalue weighted by Gasteiger charge is -2.14. The van der Waals surface area contributed by atoms with Gasteiger partial charge in [0.25, 0.3) is 11.2 Å². The van der Waals surface area contributed by atoms with E-state index in [4.69, 9.17) is 9.84 Å². The van der Waals surface area contributed by atoms with Gasteiger partial charge in [0.05, 0.1) is 17.7 Å². The van der Waals surface area contributed by atoms with Gasteiger partial charge >= 0.3 is 0 Å². The SMILES string of the molecule is COC(CO)n1cc([N+](=O)[O-])ccc1=O. The molecule has 7 heteroatoms. The number of aromatic nitrogens is 1. The van der Waals surface area contributed by atoms with Gasteiger partial charge in [0.2, 0.25) is 0 Å². The first-order chi connectivity index (χ1) is 7.10. The zero-order valence-corrected chi connectivity index (χ0v) is 7.99. The van der Waals surface area contributed by atoms with Crippen LogP contribution in [0.15, 0.2) is 23.1 Å². The fourth-order valence-corrected chi connectivity index (χ4v) is 1.10. The van der Waals surface area contributed by atoms with Crippen molar-refractivity contribution in [2.45, 2.75) is 6.23 Å². The van der Waals surface area contributed by atoms with Crippen LogP contribution in [0.5, 0.6) is 0 Å². The lowest BCUT2D eigenvalue weighted by Crippen LogP contribution is -2.27. The van der Waals surface area contributed by atoms with Crippen molar-refractivity contribution in [3.8, 4) is 0 Å². The number of nitrogens with zero attached hydrogens (tertiary/aromatic N) is 2. The van der Waals surface area contributed by atoms with E-state index in [-0.39, 0.29) is 5.69 Å². The third-order valence-corrected chi connectivity index (χ3v) is 1.87. The highest BCUT2D eigenvalue weighted by molar-refractivity contribution is 5.24. The normalized spacial score (nSPS) is 12.4. The van der Waals surface area contributed by atoms with Crippen molar-refractivity contribution in [1.29, 1.82) is 0 Å². The molecular weight excluding hydrogens is 204 g/mol. The molecule has 7 nitrogen and oxygen atoms in total. The van der Waals surface area contributed by atoms with Crippen LogP contribution >= 0.6 is 0 Å². The zero-order valence-electron chi connectivity index (χ0n) is 7.99. The van der Waals surface area contributed by atoms with E-state index >= 15 is 0 Å². The summed E-state index contributed by atoms with van der Waals surface area (Å²) in [5.74, 6) is 0. The minimum absolute atomic E-state index is 0.231. The maximum Gasteiger partial charge on any atom is 0.285 e. The second-order valence-corrected chi connectivity index (χ2v) is 2.76. The molecule has 1 heterocycles. The molecule has 15 heavy (non-hydrogen) atoms. The Hall–Kier alpha value is -1.73. The summed E-state index contributed by atoms with van der Waals surface area (Å²) in [5.41, 5.74) is -0.702. The van der Waals surface area contributed by atoms with E-state index in [1.165, 1.54) is 7.11 Å². The molecule has 1 aromatic rings. The Balaban J connectivity index is 3.21. The summed E-state index contributed by atoms with van der Waals surface area (Å²) in [4.78, 5) is 21.1. The van der Waals surface area contributed by atoms with Crippen LogP contribution in [0.1, 0.15) is 6.23 Å². The molecule has 0 saturated carbocycles. The molecule has 1 aromatic heterocycles. The fourth-order valence-electron chi connectivity index (χ4n) is 1.10. The van der Waals surface area contributed by atoms with Crippen LogP contribution < -0.4 is 5.56 Å². The van der Waals surface area contributed by atoms with Crippen LogP contribution in [-0.2, 0) is 4.74 Å². The van der Waals surface area contributed by atoms with E-state index in [1.54, 1.807) is 0 Å². The number of aliphatic hydroxyl groups is 1. The average Bonchev–Trinajstić information content (AvgIpc) is 2.22. The van der Waals surface area contributed by atoms with E-state index in [9.17, 15) is 14.9 Å². The monoisotopic (exact) mass is 214 g/mol. The smallest absolute Gasteiger partial charge is 0.285 e. The molecule has 0 radical (unpaired) electrons. The molecule has 0 amide bonds. The zero-order chi connectivity index (χ0) is 11.4. The average molecular weight is 214 g/mol. The molecule has 1 N–H and O–H groups in total. The Labute approximate surface area is 84.7 Å². The van der Waals surface area contributed by atoms with Crippen molar-refractivity contribution in [2.75, 3.05) is 13.7 Å². The summed E-state index contributed by atoms with van der Waals surface area (Å²) in [6, 6.07) is 2.16. The van der Waals surface area contributed by atoms with Crippen molar-refractivity contribution < 1.29 is 14.8 Å². The van der Waals surface area contributed by atoms with Crippen molar-refractivity contribution in [3.05, 3.63) is 38.8 Å². The maximum atomic E-state index is 11.3. The Bertz CT molecular complexity index is 410. The van der Waals surface area contributed by atoms with Crippen molar-refractivity contribution in [3.63, 3.8) is 0 Å². The predicted molar refractivity (Wildman–Crippen MR) is 50.5 cm³/mol. The van der Waals surface area contributed by atoms with Gasteiger partial charge in [-0.05, 0) is 0 Å². The Morgan fingerprint density at radius 2 is 2.33 bits per heavy atom. The number of pyridine rings is 1. The van der Waals surface area contributed by atoms with Crippen molar-refractivity contribution >= 4 is 5.69 Å². The van der Waals surface area contributed by atoms with Gasteiger partial charge < -0.3 is 9.84 Å². The summed E-state index contributed by atoms with van der Waals surface area (Å²) < 4.78 is 5.76. The first kappa shape index (κ1) is 11.3. The molecule has 0 aromatic carbocycles. The maximum absolute atomic E-state index is 11.3. The number of hydrogen-bond acceptors (Lipinski definition) is 5. The molecule has 0 aliphatic rings. The number of aliphatic hydroxyl groups excluding tert-OH is 1. The molecule has 82 valence electrons. The van der Waals surface area contributed by atoms with E-state index in [1.807, 2.05) is 0 Å². The lowest BCUT2D eigenvalue weighted by molar-refractivity contribution is -0.385. The molecule has 1 atom stereocenters. The molecule has 1 unspecified atom stereocenters. The highest BCUT2D eigenvalue weighted by Gasteiger charge is 2.14. The second kappa shape index (κ2) is 4.67. The Morgan fingerprint density at radius 1 is 1.67 bits per heavy atom. The third kappa shape index (κ3) is 2.39. The van der Waals surface area contributed by atoms with Gasteiger partial charge in [-0.25, -0.2) is 0 Å². The number of nitro groups is 1. The Kier molecular flexibility index (Phi) is 3.53. The molecule has 0 saturated heterocycles. The molecule has 0 aliphatic carbocycles. The third-order valence-electron chi connectivity index (χ3n) is 1.87. The van der Waals surface area contributed by atoms with Gasteiger partial charge in [0.15, 0.2) is 6.23 Å². The van der Waals surface area contributed by atoms with Crippen molar-refractivity contribution in [2.24, 2.45) is 0 Å². The van der Waals surface area contributed by atoms with E-state index in [0.717, 1.165) is 22.9 Å². The van der Waals surface area contributed by atoms with Gasteiger partial charge in [-0.3, -0.25) is 19.5 Å². The van der Waals surface area contributed by atoms with Crippen LogP contribution in [0.2, 0.25) is 0 Å². The van der Waals surface area contributed by atoms with E-state index in [0.29, 0.717) is 0 Å². The van der Waals surface area contributed by atoms with Crippen LogP contribution in [0.4, 0.5) is 5.69 Å². The number of rotatable bonds is 4. The highest BCUT2D eigenvalue weighted by Crippen LogP contribution is 2.10. The van der Waals surface area contributed by atoms with Gasteiger partial charge in [-0.2, -0.15) is 0 Å². The summed E-state index contributed by atoms with van der Waals surface area (Å²) >= 11 is 0. The molecule has 0 aliphatic heterocycles. The number of methoxy groups -OCH3 is 1. The summed E-state index contributed by atoms with van der Waals surface area (Å²) in [6.07, 6.45) is 0.129. The first-order valence-corrected chi connectivity index (χ1v) is 4.10. The van der Waals surface area contributed by atoms with Gasteiger partial charge in [0, 0.05) is 19.2 Å². The minimum atomic E-state index is -0.905. The van der Waals surface area contributed by atoms with Crippen molar-refractivity contribution in [1.82, 2.24) is 4.57 Å². The standard InChI is InChI=1S/C8H10N2O5/c1-15-8(5-11)9-4-6(10(13)14)2-3-7(9)12/h2-4,8,11H,5H2,1H3. The molecule has 0 spiro atoms. The molecule has 0 fully saturated rings. The Morgan fingerprint density at radius 3 is 2.80 bits per heavy atom. The van der Waals surface area contributed by atoms with E-state index < -0.39 is 23.3 Å². The minimum Gasteiger partial charge on any atom is -0.392 e. The van der Waals surface area contributed by atoms with Crippen LogP contribution in [0.3, 0.4) is 0 Å². The molecular formula is C8H10N2O5. The highest BCUT2D eigenvalue weighted by atomic mass is 16.6. The molecule has 0 bridgehead atoms. The van der Waals surface area contributed by atoms with Gasteiger partial charge in [-0.1, -0.05) is 0 Å². The lowest BCUT2D eigenvalue weighted by atomic mass is 10.4. The topological polar surface area (TPSA) is 94.6 Å². The van der Waals surface area contributed by atoms with Gasteiger partial charge in [0.1, 0.15) is 0 Å². The largest absolute Gasteiger partial charge is 0.392 e. The quantitative estimate of drug-likeness (QED) is 0.557. The second-order valence-electron chi connectivity index (χ2n) is 2.76. The number of hydrogen-bond donors (Lipinski definition) is 1. The van der Waals surface area contributed by atoms with Crippen LogP contribution in [0.25, 0.3) is 0 Å². The van der Waals surface area contributed by atoms with Crippen LogP contribution in [0, 0.1) is 10.1 Å². The summed E-state index contributed by atoms with van der Waals surface area (Å²) in [5, 5.41) is 19.3. The number of ether oxygens (including phenoxy) is 1. The van der Waals surface area contributed by atoms with Gasteiger partial charge in [-0.15, -0.1) is 0 Å². The van der Waals surface area contributed by atoms with Crippen LogP contribution in [-0.4, -0.2) is 28.3 Å². The predicted octanol–water partition coefficient (Wildman–Crippen LogP) is -0.106. The molecule has 1 rings (SSSR count). The summed E-state index contributed by atoms with van der Waals surface area (Å²) in [7, 11) is 1.30. The first-order valence-electron chi connectivity index (χ1n) is 4.10.